The van der Waals surface area contributed by atoms with Gasteiger partial charge in [-0.25, -0.2) is 0 Å². The van der Waals surface area contributed by atoms with Crippen molar-refractivity contribution in [1.82, 2.24) is 15.2 Å². The van der Waals surface area contributed by atoms with Crippen molar-refractivity contribution in [1.29, 1.82) is 0 Å². The van der Waals surface area contributed by atoms with Gasteiger partial charge in [0.05, 0.1) is 13.0 Å². The lowest BCUT2D eigenvalue weighted by molar-refractivity contribution is -0.122. The predicted molar refractivity (Wildman–Crippen MR) is 96.4 cm³/mol. The Hall–Kier alpha value is -2.94. The lowest BCUT2D eigenvalue weighted by Gasteiger charge is -2.16. The largest absolute Gasteiger partial charge is 0.497 e. The third kappa shape index (κ3) is 3.63. The van der Waals surface area contributed by atoms with E-state index in [4.69, 9.17) is 9.47 Å². The van der Waals surface area contributed by atoms with Gasteiger partial charge in [0.2, 0.25) is 17.8 Å². The quantitative estimate of drug-likeness (QED) is 0.827. The van der Waals surface area contributed by atoms with Gasteiger partial charge in [-0.15, -0.1) is 5.10 Å². The first-order chi connectivity index (χ1) is 13.1. The van der Waals surface area contributed by atoms with Gasteiger partial charge in [0, 0.05) is 25.3 Å². The molecule has 0 aliphatic carbocycles. The van der Waals surface area contributed by atoms with Gasteiger partial charge < -0.3 is 14.4 Å². The maximum absolute atomic E-state index is 12.5. The lowest BCUT2D eigenvalue weighted by atomic mass is 10.1. The fraction of sp³-hybridized carbons (Fsp3) is 0.444. The molecule has 9 nitrogen and oxygen atoms in total. The summed E-state index contributed by atoms with van der Waals surface area (Å²) in [7, 11) is 1.59. The maximum Gasteiger partial charge on any atom is 0.248 e. The van der Waals surface area contributed by atoms with Crippen molar-refractivity contribution >= 4 is 23.5 Å². The number of aromatic nitrogens is 3. The van der Waals surface area contributed by atoms with Crippen LogP contribution in [-0.4, -0.2) is 47.3 Å². The van der Waals surface area contributed by atoms with Gasteiger partial charge in [-0.2, -0.15) is 4.98 Å². The van der Waals surface area contributed by atoms with Crippen molar-refractivity contribution in [2.24, 2.45) is 5.92 Å². The number of methoxy groups -OCH3 is 1. The van der Waals surface area contributed by atoms with E-state index in [2.05, 4.69) is 20.5 Å². The SMILES string of the molecule is COc1ccc(N2C[C@H](C(=O)Nc3n[nH]c([C@@H]4CCCO4)n3)CC2=O)cc1. The smallest absolute Gasteiger partial charge is 0.248 e. The van der Waals surface area contributed by atoms with Crippen LogP contribution in [0.2, 0.25) is 0 Å². The number of H-pyrrole nitrogens is 1. The highest BCUT2D eigenvalue weighted by Gasteiger charge is 2.35. The number of carbonyl (C=O) groups excluding carboxylic acids is 2. The van der Waals surface area contributed by atoms with E-state index in [9.17, 15) is 9.59 Å². The summed E-state index contributed by atoms with van der Waals surface area (Å²) in [6.45, 7) is 1.03. The average Bonchev–Trinajstić information content (AvgIpc) is 3.42. The molecule has 0 unspecified atom stereocenters. The average molecular weight is 371 g/mol. The second-order valence-corrected chi connectivity index (χ2v) is 6.64. The zero-order valence-corrected chi connectivity index (χ0v) is 15.0. The molecule has 0 spiro atoms. The van der Waals surface area contributed by atoms with Crippen molar-refractivity contribution in [2.75, 3.05) is 30.5 Å². The summed E-state index contributed by atoms with van der Waals surface area (Å²) in [5.41, 5.74) is 0.745. The molecule has 2 fully saturated rings. The van der Waals surface area contributed by atoms with Gasteiger partial charge in [-0.3, -0.25) is 20.0 Å². The first-order valence-corrected chi connectivity index (χ1v) is 8.93. The molecule has 2 saturated heterocycles. The van der Waals surface area contributed by atoms with E-state index in [1.165, 1.54) is 0 Å². The molecule has 1 aromatic carbocycles. The number of carbonyl (C=O) groups is 2. The Labute approximate surface area is 156 Å². The van der Waals surface area contributed by atoms with Crippen molar-refractivity contribution < 1.29 is 19.1 Å². The van der Waals surface area contributed by atoms with Crippen LogP contribution in [0.5, 0.6) is 5.75 Å². The summed E-state index contributed by atoms with van der Waals surface area (Å²) in [5, 5.41) is 9.53. The van der Waals surface area contributed by atoms with Gasteiger partial charge in [0.1, 0.15) is 11.9 Å². The van der Waals surface area contributed by atoms with Crippen LogP contribution in [-0.2, 0) is 14.3 Å². The summed E-state index contributed by atoms with van der Waals surface area (Å²) >= 11 is 0. The predicted octanol–water partition coefficient (Wildman–Crippen LogP) is 1.66. The fourth-order valence-corrected chi connectivity index (χ4v) is 3.37. The van der Waals surface area contributed by atoms with E-state index < -0.39 is 5.92 Å². The van der Waals surface area contributed by atoms with Crippen LogP contribution in [0.3, 0.4) is 0 Å². The summed E-state index contributed by atoms with van der Waals surface area (Å²) in [6.07, 6.45) is 1.93. The van der Waals surface area contributed by atoms with E-state index in [1.807, 2.05) is 0 Å². The van der Waals surface area contributed by atoms with Gasteiger partial charge in [0.25, 0.3) is 0 Å². The summed E-state index contributed by atoms with van der Waals surface area (Å²) in [4.78, 5) is 30.8. The summed E-state index contributed by atoms with van der Waals surface area (Å²) in [6, 6.07) is 7.19. The van der Waals surface area contributed by atoms with Gasteiger partial charge >= 0.3 is 0 Å². The third-order valence-electron chi connectivity index (χ3n) is 4.85. The van der Waals surface area contributed by atoms with Gasteiger partial charge in [-0.05, 0) is 37.1 Å². The van der Waals surface area contributed by atoms with Crippen molar-refractivity contribution in [3.8, 4) is 5.75 Å². The molecule has 2 amide bonds. The molecule has 0 saturated carbocycles. The Morgan fingerprint density at radius 1 is 1.37 bits per heavy atom. The Bertz CT molecular complexity index is 829. The van der Waals surface area contributed by atoms with E-state index >= 15 is 0 Å². The number of nitrogens with one attached hydrogen (secondary N) is 2. The topological polar surface area (TPSA) is 109 Å². The van der Waals surface area contributed by atoms with Crippen LogP contribution in [0.15, 0.2) is 24.3 Å². The number of ether oxygens (including phenoxy) is 2. The number of nitrogens with zero attached hydrogens (tertiary/aromatic N) is 3. The minimum absolute atomic E-state index is 0.0876. The molecule has 2 atom stereocenters. The van der Waals surface area contributed by atoms with E-state index in [0.717, 1.165) is 18.5 Å². The molecule has 2 aliphatic rings. The second kappa shape index (κ2) is 7.36. The molecule has 2 N–H and O–H groups in total. The monoisotopic (exact) mass is 371 g/mol. The first-order valence-electron chi connectivity index (χ1n) is 8.93. The van der Waals surface area contributed by atoms with Crippen LogP contribution in [0.25, 0.3) is 0 Å². The molecule has 1 aromatic heterocycles. The normalized spacial score (nSPS) is 22.3. The third-order valence-corrected chi connectivity index (χ3v) is 4.85. The molecule has 9 heteroatoms. The highest BCUT2D eigenvalue weighted by atomic mass is 16.5. The number of aromatic amines is 1. The molecular weight excluding hydrogens is 350 g/mol. The summed E-state index contributed by atoms with van der Waals surface area (Å²) in [5.74, 6) is 0.731. The Kier molecular flexibility index (Phi) is 4.76. The van der Waals surface area contributed by atoms with Crippen molar-refractivity contribution in [3.05, 3.63) is 30.1 Å². The van der Waals surface area contributed by atoms with Crippen molar-refractivity contribution in [3.63, 3.8) is 0 Å². The first kappa shape index (κ1) is 17.5. The van der Waals surface area contributed by atoms with Gasteiger partial charge in [-0.1, -0.05) is 0 Å². The number of hydrogen-bond donors (Lipinski definition) is 2. The zero-order valence-electron chi connectivity index (χ0n) is 15.0. The van der Waals surface area contributed by atoms with Crippen LogP contribution in [0.1, 0.15) is 31.2 Å². The molecule has 0 bridgehead atoms. The fourth-order valence-electron chi connectivity index (χ4n) is 3.37. The number of amides is 2. The van der Waals surface area contributed by atoms with Gasteiger partial charge in [0.15, 0.2) is 5.82 Å². The molecule has 2 aliphatic heterocycles. The Morgan fingerprint density at radius 2 is 2.19 bits per heavy atom. The van der Waals surface area contributed by atoms with Crippen LogP contribution >= 0.6 is 0 Å². The lowest BCUT2D eigenvalue weighted by Crippen LogP contribution is -2.28. The molecule has 27 heavy (non-hydrogen) atoms. The number of rotatable bonds is 5. The molecular formula is C18H21N5O4. The number of hydrogen-bond acceptors (Lipinski definition) is 6. The highest BCUT2D eigenvalue weighted by molar-refractivity contribution is 6.03. The van der Waals surface area contributed by atoms with E-state index in [-0.39, 0.29) is 30.3 Å². The summed E-state index contributed by atoms with van der Waals surface area (Å²) < 4.78 is 10.7. The number of anilines is 2. The Morgan fingerprint density at radius 3 is 2.89 bits per heavy atom. The second-order valence-electron chi connectivity index (χ2n) is 6.64. The molecule has 4 rings (SSSR count). The van der Waals surface area contributed by atoms with Crippen LogP contribution < -0.4 is 15.0 Å². The van der Waals surface area contributed by atoms with E-state index in [0.29, 0.717) is 24.7 Å². The molecule has 0 radical (unpaired) electrons. The molecule has 3 heterocycles. The highest BCUT2D eigenvalue weighted by Crippen LogP contribution is 2.28. The zero-order chi connectivity index (χ0) is 18.8. The van der Waals surface area contributed by atoms with Crippen LogP contribution in [0, 0.1) is 5.92 Å². The molecule has 2 aromatic rings. The van der Waals surface area contributed by atoms with Crippen LogP contribution in [0.4, 0.5) is 11.6 Å². The minimum Gasteiger partial charge on any atom is -0.497 e. The standard InChI is InChI=1S/C18H21N5O4/c1-26-13-6-4-12(5-7-13)23-10-11(9-15(23)24)17(25)20-18-19-16(21-22-18)14-3-2-8-27-14/h4-7,11,14H,2-3,8-10H2,1H3,(H2,19,20,21,22,25)/t11-,14+/m1/s1. The number of benzene rings is 1. The Balaban J connectivity index is 1.38. The molecule has 142 valence electrons. The van der Waals surface area contributed by atoms with E-state index in [1.54, 1.807) is 36.3 Å². The minimum atomic E-state index is -0.454. The maximum atomic E-state index is 12.5. The van der Waals surface area contributed by atoms with Crippen molar-refractivity contribution in [2.45, 2.75) is 25.4 Å².